The third kappa shape index (κ3) is 7.13. The highest BCUT2D eigenvalue weighted by molar-refractivity contribution is 5.98. The van der Waals surface area contributed by atoms with Gasteiger partial charge in [-0.15, -0.1) is 0 Å². The van der Waals surface area contributed by atoms with Crippen LogP contribution in [0.5, 0.6) is 0 Å². The van der Waals surface area contributed by atoms with Crippen molar-refractivity contribution in [3.8, 4) is 0 Å². The largest absolute Gasteiger partial charge is 0.382 e. The zero-order valence-corrected chi connectivity index (χ0v) is 19.1. The number of aromatic nitrogens is 1. The molecule has 1 aromatic rings. The van der Waals surface area contributed by atoms with Gasteiger partial charge < -0.3 is 29.9 Å². The number of carbonyl (C=O) groups excluding carboxylic acids is 4. The van der Waals surface area contributed by atoms with Gasteiger partial charge in [-0.3, -0.25) is 19.2 Å². The molecule has 0 bridgehead atoms. The van der Waals surface area contributed by atoms with Crippen molar-refractivity contribution in [2.24, 2.45) is 5.92 Å². The van der Waals surface area contributed by atoms with E-state index in [9.17, 15) is 19.2 Å². The summed E-state index contributed by atoms with van der Waals surface area (Å²) in [6.07, 6.45) is 1.03. The Morgan fingerprint density at radius 1 is 1.22 bits per heavy atom. The standard InChI is InChI=1S/C21H32N4O7/c1-6-13-8-15(25-32-13)20(29)24-16(10-30-5)19(28)22-9-17(26)23-14(7-12(2)3)18(27)21(4)11-31-21/h8,12,14,16H,6-7,9-11H2,1-5H3,(H,22,28)(H,23,26)(H,24,29)/t14-,16-,21+/m0/s1. The maximum absolute atomic E-state index is 12.6. The van der Waals surface area contributed by atoms with Gasteiger partial charge in [0.15, 0.2) is 11.5 Å². The second-order valence-electron chi connectivity index (χ2n) is 8.36. The monoisotopic (exact) mass is 452 g/mol. The first kappa shape index (κ1) is 25.5. The van der Waals surface area contributed by atoms with Gasteiger partial charge >= 0.3 is 0 Å². The molecule has 0 radical (unpaired) electrons. The molecule has 1 aliphatic rings. The van der Waals surface area contributed by atoms with Gasteiger partial charge in [0.1, 0.15) is 17.4 Å². The van der Waals surface area contributed by atoms with Crippen LogP contribution in [0.4, 0.5) is 0 Å². The molecule has 11 heteroatoms. The number of ether oxygens (including phenoxy) is 2. The normalized spacial score (nSPS) is 19.2. The van der Waals surface area contributed by atoms with E-state index in [1.54, 1.807) is 6.92 Å². The lowest BCUT2D eigenvalue weighted by atomic mass is 9.93. The van der Waals surface area contributed by atoms with Gasteiger partial charge in [0, 0.05) is 19.6 Å². The molecule has 11 nitrogen and oxygen atoms in total. The average molecular weight is 453 g/mol. The van der Waals surface area contributed by atoms with Crippen molar-refractivity contribution in [2.75, 3.05) is 26.9 Å². The molecule has 0 saturated carbocycles. The molecule has 3 amide bonds. The molecule has 1 fully saturated rings. The van der Waals surface area contributed by atoms with Gasteiger partial charge in [-0.25, -0.2) is 0 Å². The summed E-state index contributed by atoms with van der Waals surface area (Å²) in [5.74, 6) is -1.21. The van der Waals surface area contributed by atoms with Crippen molar-refractivity contribution in [1.29, 1.82) is 0 Å². The molecule has 0 unspecified atom stereocenters. The molecule has 3 N–H and O–H groups in total. The molecule has 178 valence electrons. The number of ketones is 1. The zero-order chi connectivity index (χ0) is 23.9. The predicted molar refractivity (Wildman–Crippen MR) is 113 cm³/mol. The molecule has 2 heterocycles. The minimum atomic E-state index is -1.05. The van der Waals surface area contributed by atoms with E-state index in [2.05, 4.69) is 21.1 Å². The topological polar surface area (TPSA) is 152 Å². The van der Waals surface area contributed by atoms with E-state index in [1.165, 1.54) is 13.2 Å². The van der Waals surface area contributed by atoms with Crippen LogP contribution in [0, 0.1) is 5.92 Å². The van der Waals surface area contributed by atoms with Gasteiger partial charge in [0.2, 0.25) is 11.8 Å². The summed E-state index contributed by atoms with van der Waals surface area (Å²) in [5, 5.41) is 11.3. The fourth-order valence-electron chi connectivity index (χ4n) is 3.03. The zero-order valence-electron chi connectivity index (χ0n) is 19.1. The van der Waals surface area contributed by atoms with Crippen LogP contribution in [0.3, 0.4) is 0 Å². The molecular formula is C21H32N4O7. The second-order valence-corrected chi connectivity index (χ2v) is 8.36. The van der Waals surface area contributed by atoms with Crippen LogP contribution in [-0.4, -0.2) is 73.2 Å². The molecule has 0 aromatic carbocycles. The van der Waals surface area contributed by atoms with Crippen LogP contribution in [-0.2, 0) is 30.3 Å². The smallest absolute Gasteiger partial charge is 0.274 e. The van der Waals surface area contributed by atoms with Crippen LogP contribution in [0.25, 0.3) is 0 Å². The number of nitrogens with one attached hydrogen (secondary N) is 3. The first-order valence-corrected chi connectivity index (χ1v) is 10.6. The molecule has 32 heavy (non-hydrogen) atoms. The number of aryl methyl sites for hydroxylation is 1. The molecule has 1 saturated heterocycles. The molecule has 3 atom stereocenters. The van der Waals surface area contributed by atoms with Crippen LogP contribution in [0.15, 0.2) is 10.6 Å². The van der Waals surface area contributed by atoms with Crippen molar-refractivity contribution in [3.63, 3.8) is 0 Å². The number of epoxide rings is 1. The molecule has 0 spiro atoms. The van der Waals surface area contributed by atoms with Crippen molar-refractivity contribution >= 4 is 23.5 Å². The molecular weight excluding hydrogens is 420 g/mol. The van der Waals surface area contributed by atoms with Gasteiger partial charge in [0.25, 0.3) is 5.91 Å². The Balaban J connectivity index is 1.91. The fourth-order valence-corrected chi connectivity index (χ4v) is 3.03. The van der Waals surface area contributed by atoms with E-state index in [0.29, 0.717) is 25.2 Å². The maximum atomic E-state index is 12.6. The lowest BCUT2D eigenvalue weighted by molar-refractivity contribution is -0.131. The first-order valence-electron chi connectivity index (χ1n) is 10.6. The highest BCUT2D eigenvalue weighted by Gasteiger charge is 2.50. The minimum Gasteiger partial charge on any atom is -0.382 e. The Labute approximate surface area is 186 Å². The number of carbonyl (C=O) groups is 4. The highest BCUT2D eigenvalue weighted by Crippen LogP contribution is 2.29. The van der Waals surface area contributed by atoms with Crippen molar-refractivity contribution in [3.05, 3.63) is 17.5 Å². The SMILES string of the molecule is CCc1cc(C(=O)N[C@@H](COC)C(=O)NCC(=O)N[C@@H](CC(C)C)C(=O)[C@@]2(C)CO2)no1. The lowest BCUT2D eigenvalue weighted by Crippen LogP contribution is -2.53. The number of hydrogen-bond donors (Lipinski definition) is 3. The van der Waals surface area contributed by atoms with Gasteiger partial charge in [-0.1, -0.05) is 25.9 Å². The Morgan fingerprint density at radius 2 is 1.91 bits per heavy atom. The quantitative estimate of drug-likeness (QED) is 0.353. The molecule has 1 aliphatic heterocycles. The number of hydrogen-bond acceptors (Lipinski definition) is 8. The van der Waals surface area contributed by atoms with E-state index in [-0.39, 0.29) is 30.5 Å². The van der Waals surface area contributed by atoms with E-state index in [4.69, 9.17) is 14.0 Å². The molecule has 2 rings (SSSR count). The van der Waals surface area contributed by atoms with Crippen molar-refractivity contribution < 1.29 is 33.2 Å². The summed E-state index contributed by atoms with van der Waals surface area (Å²) in [5.41, 5.74) is -0.817. The number of Topliss-reactive ketones (excluding diaryl/α,β-unsaturated/α-hetero) is 1. The van der Waals surface area contributed by atoms with Crippen LogP contribution < -0.4 is 16.0 Å². The van der Waals surface area contributed by atoms with Crippen LogP contribution >= 0.6 is 0 Å². The summed E-state index contributed by atoms with van der Waals surface area (Å²) in [4.78, 5) is 49.8. The number of amides is 3. The van der Waals surface area contributed by atoms with E-state index >= 15 is 0 Å². The summed E-state index contributed by atoms with van der Waals surface area (Å²) in [6, 6.07) is -0.268. The Hall–Kier alpha value is -2.79. The van der Waals surface area contributed by atoms with Crippen LogP contribution in [0.1, 0.15) is 50.4 Å². The maximum Gasteiger partial charge on any atom is 0.274 e. The second kappa shape index (κ2) is 11.2. The number of nitrogens with zero attached hydrogens (tertiary/aromatic N) is 1. The average Bonchev–Trinajstić information content (AvgIpc) is 3.31. The summed E-state index contributed by atoms with van der Waals surface area (Å²) in [6.45, 7) is 7.29. The summed E-state index contributed by atoms with van der Waals surface area (Å²) >= 11 is 0. The Kier molecular flexibility index (Phi) is 8.90. The lowest BCUT2D eigenvalue weighted by Gasteiger charge is -2.22. The first-order chi connectivity index (χ1) is 15.1. The summed E-state index contributed by atoms with van der Waals surface area (Å²) in [7, 11) is 1.38. The highest BCUT2D eigenvalue weighted by atomic mass is 16.6. The fraction of sp³-hybridized carbons (Fsp3) is 0.667. The predicted octanol–water partition coefficient (Wildman–Crippen LogP) is -0.0131. The third-order valence-corrected chi connectivity index (χ3v) is 4.98. The number of rotatable bonds is 13. The molecule has 0 aliphatic carbocycles. The minimum absolute atomic E-state index is 0.0410. The van der Waals surface area contributed by atoms with Crippen LogP contribution in [0.2, 0.25) is 0 Å². The Bertz CT molecular complexity index is 832. The van der Waals surface area contributed by atoms with Crippen molar-refractivity contribution in [2.45, 2.75) is 58.2 Å². The van der Waals surface area contributed by atoms with E-state index < -0.39 is 35.4 Å². The van der Waals surface area contributed by atoms with Crippen molar-refractivity contribution in [1.82, 2.24) is 21.1 Å². The van der Waals surface area contributed by atoms with Gasteiger partial charge in [0.05, 0.1) is 25.8 Å². The van der Waals surface area contributed by atoms with Gasteiger partial charge in [-0.05, 0) is 19.3 Å². The molecule has 1 aromatic heterocycles. The summed E-state index contributed by atoms with van der Waals surface area (Å²) < 4.78 is 15.2. The number of methoxy groups -OCH3 is 1. The van der Waals surface area contributed by atoms with E-state index in [1.807, 2.05) is 20.8 Å². The Morgan fingerprint density at radius 3 is 2.44 bits per heavy atom. The van der Waals surface area contributed by atoms with Gasteiger partial charge in [-0.2, -0.15) is 0 Å². The third-order valence-electron chi connectivity index (χ3n) is 4.98. The van der Waals surface area contributed by atoms with E-state index in [0.717, 1.165) is 0 Å².